The summed E-state index contributed by atoms with van der Waals surface area (Å²) in [5, 5.41) is 1.47. The molecule has 3 heteroatoms. The van der Waals surface area contributed by atoms with E-state index in [1.165, 1.54) is 5.01 Å². The molecule has 0 aliphatic heterocycles. The first-order chi connectivity index (χ1) is 3.55. The second-order valence-corrected chi connectivity index (χ2v) is 2.52. The first kappa shape index (κ1) is 7.85. The molecule has 0 aromatic rings. The number of nitrogens with two attached hydrogens (primary N) is 1. The van der Waals surface area contributed by atoms with Gasteiger partial charge < -0.3 is 5.01 Å². The molecule has 0 amide bonds. The Balaban J connectivity index is 3.65. The van der Waals surface area contributed by atoms with Crippen LogP contribution in [0.25, 0.3) is 0 Å². The maximum Gasteiger partial charge on any atom is 0.0942 e. The van der Waals surface area contributed by atoms with Gasteiger partial charge in [-0.25, -0.2) is 5.84 Å². The van der Waals surface area contributed by atoms with E-state index in [4.69, 9.17) is 18.1 Å². The highest BCUT2D eigenvalue weighted by atomic mass is 32.1. The molecule has 2 nitrogen and oxygen atoms in total. The molecule has 0 atom stereocenters. The quantitative estimate of drug-likeness (QED) is 0.325. The number of hydrazine groups is 1. The van der Waals surface area contributed by atoms with Gasteiger partial charge >= 0.3 is 0 Å². The Bertz CT molecular complexity index is 78.4. The van der Waals surface area contributed by atoms with E-state index < -0.39 is 0 Å². The topological polar surface area (TPSA) is 29.3 Å². The molecule has 2 N–H and O–H groups in total. The molecule has 0 aliphatic carbocycles. The van der Waals surface area contributed by atoms with Crippen molar-refractivity contribution in [2.75, 3.05) is 7.05 Å². The third-order valence-corrected chi connectivity index (χ3v) is 1.60. The zero-order valence-electron chi connectivity index (χ0n) is 5.51. The van der Waals surface area contributed by atoms with Gasteiger partial charge in [0.05, 0.1) is 4.99 Å². The number of rotatable bonds is 1. The molecule has 0 spiro atoms. The van der Waals surface area contributed by atoms with E-state index in [0.717, 1.165) is 4.99 Å². The zero-order valence-corrected chi connectivity index (χ0v) is 6.33. The van der Waals surface area contributed by atoms with E-state index in [2.05, 4.69) is 0 Å². The predicted molar refractivity (Wildman–Crippen MR) is 39.4 cm³/mol. The van der Waals surface area contributed by atoms with E-state index in [9.17, 15) is 0 Å². The third-order valence-electron chi connectivity index (χ3n) is 0.842. The molecule has 8 heavy (non-hydrogen) atoms. The van der Waals surface area contributed by atoms with Gasteiger partial charge in [-0.05, 0) is 0 Å². The molecule has 48 valence electrons. The lowest BCUT2D eigenvalue weighted by molar-refractivity contribution is 0.518. The summed E-state index contributed by atoms with van der Waals surface area (Å²) in [6.45, 7) is 4.04. The molecule has 0 aromatic heterocycles. The molecule has 0 rings (SSSR count). The van der Waals surface area contributed by atoms with Gasteiger partial charge in [-0.3, -0.25) is 0 Å². The van der Waals surface area contributed by atoms with Crippen molar-refractivity contribution in [1.29, 1.82) is 0 Å². The van der Waals surface area contributed by atoms with Gasteiger partial charge in [-0.15, -0.1) is 0 Å². The Morgan fingerprint density at radius 2 is 2.00 bits per heavy atom. The second kappa shape index (κ2) is 2.99. The maximum atomic E-state index is 5.33. The SMILES string of the molecule is CC(C)C(=S)N(C)N. The average molecular weight is 132 g/mol. The van der Waals surface area contributed by atoms with E-state index in [0.29, 0.717) is 5.92 Å². The Morgan fingerprint density at radius 3 is 2.00 bits per heavy atom. The van der Waals surface area contributed by atoms with E-state index in [1.54, 1.807) is 7.05 Å². The van der Waals surface area contributed by atoms with Crippen molar-refractivity contribution < 1.29 is 0 Å². The van der Waals surface area contributed by atoms with E-state index >= 15 is 0 Å². The maximum absolute atomic E-state index is 5.33. The van der Waals surface area contributed by atoms with Gasteiger partial charge in [-0.1, -0.05) is 26.1 Å². The fourth-order valence-corrected chi connectivity index (χ4v) is 0.407. The summed E-state index contributed by atoms with van der Waals surface area (Å²) < 4.78 is 0. The van der Waals surface area contributed by atoms with Gasteiger partial charge in [0.1, 0.15) is 0 Å². The van der Waals surface area contributed by atoms with Crippen molar-refractivity contribution in [3.63, 3.8) is 0 Å². The fourth-order valence-electron chi connectivity index (χ4n) is 0.407. The number of hydrogen-bond acceptors (Lipinski definition) is 2. The summed E-state index contributed by atoms with van der Waals surface area (Å²) in [5.41, 5.74) is 0. The van der Waals surface area contributed by atoms with Crippen LogP contribution in [0.4, 0.5) is 0 Å². The summed E-state index contributed by atoms with van der Waals surface area (Å²) in [7, 11) is 1.75. The van der Waals surface area contributed by atoms with Crippen molar-refractivity contribution >= 4 is 17.2 Å². The summed E-state index contributed by atoms with van der Waals surface area (Å²) in [6, 6.07) is 0. The molecule has 0 fully saturated rings. The van der Waals surface area contributed by atoms with Gasteiger partial charge in [0, 0.05) is 13.0 Å². The lowest BCUT2D eigenvalue weighted by Gasteiger charge is -2.15. The zero-order chi connectivity index (χ0) is 6.73. The summed E-state index contributed by atoms with van der Waals surface area (Å²) in [4.78, 5) is 0.796. The number of hydrogen-bond donors (Lipinski definition) is 1. The first-order valence-electron chi connectivity index (χ1n) is 2.58. The lowest BCUT2D eigenvalue weighted by Crippen LogP contribution is -2.34. The van der Waals surface area contributed by atoms with Crippen LogP contribution in [0, 0.1) is 5.92 Å². The second-order valence-electron chi connectivity index (χ2n) is 2.10. The minimum Gasteiger partial charge on any atom is -0.308 e. The minimum absolute atomic E-state index is 0.375. The molecule has 0 aromatic carbocycles. The van der Waals surface area contributed by atoms with Gasteiger partial charge in [0.15, 0.2) is 0 Å². The lowest BCUT2D eigenvalue weighted by atomic mass is 10.2. The third kappa shape index (κ3) is 2.23. The Morgan fingerprint density at radius 1 is 1.62 bits per heavy atom. The highest BCUT2D eigenvalue weighted by Gasteiger charge is 2.02. The van der Waals surface area contributed by atoms with Gasteiger partial charge in [0.25, 0.3) is 0 Å². The normalized spacial score (nSPS) is 9.62. The summed E-state index contributed by atoms with van der Waals surface area (Å²) in [5.74, 6) is 5.70. The Labute approximate surface area is 55.6 Å². The smallest absolute Gasteiger partial charge is 0.0942 e. The molecule has 0 aliphatic rings. The molecular weight excluding hydrogens is 120 g/mol. The van der Waals surface area contributed by atoms with Crippen LogP contribution < -0.4 is 5.84 Å². The molecule has 0 saturated carbocycles. The van der Waals surface area contributed by atoms with E-state index in [-0.39, 0.29) is 0 Å². The van der Waals surface area contributed by atoms with Crippen LogP contribution in [-0.2, 0) is 0 Å². The van der Waals surface area contributed by atoms with Crippen molar-refractivity contribution in [3.05, 3.63) is 0 Å². The van der Waals surface area contributed by atoms with Crippen LogP contribution in [0.15, 0.2) is 0 Å². The molecule has 0 unspecified atom stereocenters. The van der Waals surface area contributed by atoms with Crippen LogP contribution in [0.2, 0.25) is 0 Å². The molecule has 0 saturated heterocycles. The van der Waals surface area contributed by atoms with Crippen molar-refractivity contribution in [2.24, 2.45) is 11.8 Å². The van der Waals surface area contributed by atoms with Crippen molar-refractivity contribution in [3.8, 4) is 0 Å². The standard InChI is InChI=1S/C5H12N2S/c1-4(2)5(8)7(3)6/h4H,6H2,1-3H3. The summed E-state index contributed by atoms with van der Waals surface area (Å²) in [6.07, 6.45) is 0. The largest absolute Gasteiger partial charge is 0.308 e. The average Bonchev–Trinajstić information content (AvgIpc) is 1.64. The van der Waals surface area contributed by atoms with Crippen LogP contribution in [0.5, 0.6) is 0 Å². The van der Waals surface area contributed by atoms with Gasteiger partial charge in [-0.2, -0.15) is 0 Å². The molecule has 0 heterocycles. The summed E-state index contributed by atoms with van der Waals surface area (Å²) >= 11 is 4.90. The van der Waals surface area contributed by atoms with Crippen LogP contribution in [-0.4, -0.2) is 17.0 Å². The monoisotopic (exact) mass is 132 g/mol. The first-order valence-corrected chi connectivity index (χ1v) is 2.98. The van der Waals surface area contributed by atoms with Crippen molar-refractivity contribution in [2.45, 2.75) is 13.8 Å². The Kier molecular flexibility index (Phi) is 2.94. The predicted octanol–water partition coefficient (Wildman–Crippen LogP) is 0.775. The fraction of sp³-hybridized carbons (Fsp3) is 0.800. The van der Waals surface area contributed by atoms with Crippen LogP contribution >= 0.6 is 12.2 Å². The molecule has 0 bridgehead atoms. The number of nitrogens with zero attached hydrogens (tertiary/aromatic N) is 1. The van der Waals surface area contributed by atoms with Gasteiger partial charge in [0.2, 0.25) is 0 Å². The highest BCUT2D eigenvalue weighted by molar-refractivity contribution is 7.80. The molecular formula is C5H12N2S. The van der Waals surface area contributed by atoms with Crippen LogP contribution in [0.3, 0.4) is 0 Å². The minimum atomic E-state index is 0.375. The number of thiocarbonyl (C=S) groups is 1. The van der Waals surface area contributed by atoms with Crippen molar-refractivity contribution in [1.82, 2.24) is 5.01 Å². The molecule has 0 radical (unpaired) electrons. The van der Waals surface area contributed by atoms with Crippen LogP contribution in [0.1, 0.15) is 13.8 Å². The highest BCUT2D eigenvalue weighted by Crippen LogP contribution is 1.96. The Hall–Kier alpha value is -0.150. The van der Waals surface area contributed by atoms with E-state index in [1.807, 2.05) is 13.8 Å².